The predicted molar refractivity (Wildman–Crippen MR) is 122 cm³/mol. The van der Waals surface area contributed by atoms with Gasteiger partial charge in [-0.3, -0.25) is 14.7 Å². The number of para-hydroxylation sites is 1. The molecule has 7 nitrogen and oxygen atoms in total. The van der Waals surface area contributed by atoms with Crippen molar-refractivity contribution in [2.75, 3.05) is 23.4 Å². The minimum atomic E-state index is -0.355. The fraction of sp³-hybridized carbons (Fsp3) is 0.208. The standard InChI is InChI=1S/C24H21ClN4O3/c25-16-6-3-7-17(11-16)27-24(32)28-13-20-22(18-8-1-2-9-19(18)28)21(14-30)29(20)23(31)15-5-4-10-26-12-15/h1-12,20-22,30H,13-14H2,(H,27,32)/t20-,21+,22+/m0/s1. The first-order valence-electron chi connectivity index (χ1n) is 10.3. The number of carbonyl (C=O) groups is 2. The highest BCUT2D eigenvalue weighted by Crippen LogP contribution is 2.48. The number of amides is 3. The molecule has 5 rings (SSSR count). The maximum Gasteiger partial charge on any atom is 0.326 e. The normalized spacial score (nSPS) is 21.2. The number of urea groups is 1. The average Bonchev–Trinajstić information content (AvgIpc) is 2.80. The molecule has 2 aliphatic heterocycles. The summed E-state index contributed by atoms with van der Waals surface area (Å²) in [5.41, 5.74) is 2.77. The Bertz CT molecular complexity index is 1170. The highest BCUT2D eigenvalue weighted by atomic mass is 35.5. The third-order valence-corrected chi connectivity index (χ3v) is 6.39. The van der Waals surface area contributed by atoms with Crippen molar-refractivity contribution >= 4 is 34.9 Å². The van der Waals surface area contributed by atoms with Crippen LogP contribution in [0.25, 0.3) is 0 Å². The van der Waals surface area contributed by atoms with Crippen LogP contribution in [0.3, 0.4) is 0 Å². The minimum absolute atomic E-state index is 0.0490. The predicted octanol–water partition coefficient (Wildman–Crippen LogP) is 3.76. The molecule has 0 saturated carbocycles. The zero-order valence-corrected chi connectivity index (χ0v) is 17.8. The van der Waals surface area contributed by atoms with Crippen LogP contribution in [0.2, 0.25) is 5.02 Å². The molecule has 0 spiro atoms. The Balaban J connectivity index is 1.47. The largest absolute Gasteiger partial charge is 0.394 e. The summed E-state index contributed by atoms with van der Waals surface area (Å²) in [5.74, 6) is -0.250. The molecule has 162 valence electrons. The van der Waals surface area contributed by atoms with Gasteiger partial charge in [0.15, 0.2) is 0 Å². The summed E-state index contributed by atoms with van der Waals surface area (Å²) in [6.45, 7) is 0.160. The number of fused-ring (bicyclic) bond motifs is 3. The number of hydrogen-bond acceptors (Lipinski definition) is 4. The second kappa shape index (κ2) is 8.26. The van der Waals surface area contributed by atoms with Gasteiger partial charge in [-0.15, -0.1) is 0 Å². The molecule has 32 heavy (non-hydrogen) atoms. The summed E-state index contributed by atoms with van der Waals surface area (Å²) in [6.07, 6.45) is 3.13. The summed E-state index contributed by atoms with van der Waals surface area (Å²) in [7, 11) is 0. The summed E-state index contributed by atoms with van der Waals surface area (Å²) in [4.78, 5) is 33.8. The maximum absolute atomic E-state index is 13.2. The van der Waals surface area contributed by atoms with Crippen molar-refractivity contribution < 1.29 is 14.7 Å². The number of rotatable bonds is 3. The molecule has 0 unspecified atom stereocenters. The van der Waals surface area contributed by atoms with Crippen LogP contribution in [0.4, 0.5) is 16.2 Å². The molecular weight excluding hydrogens is 428 g/mol. The van der Waals surface area contributed by atoms with Gasteiger partial charge in [-0.1, -0.05) is 35.9 Å². The summed E-state index contributed by atoms with van der Waals surface area (Å²) in [6, 6.07) is 17.1. The van der Waals surface area contributed by atoms with Crippen LogP contribution in [0.1, 0.15) is 21.8 Å². The van der Waals surface area contributed by atoms with E-state index >= 15 is 0 Å². The molecule has 8 heteroatoms. The Hall–Kier alpha value is -3.42. The SMILES string of the molecule is O=C(Nc1cccc(Cl)c1)N1C[C@H]2[C@@H](c3ccccc31)[C@@H](CO)N2C(=O)c1cccnc1. The number of aliphatic hydroxyl groups excluding tert-OH is 1. The van der Waals surface area contributed by atoms with Crippen molar-refractivity contribution in [3.63, 3.8) is 0 Å². The van der Waals surface area contributed by atoms with E-state index in [0.29, 0.717) is 22.8 Å². The zero-order valence-electron chi connectivity index (χ0n) is 17.1. The Kier molecular flexibility index (Phi) is 5.28. The van der Waals surface area contributed by atoms with E-state index in [0.717, 1.165) is 11.3 Å². The zero-order chi connectivity index (χ0) is 22.2. The first kappa shape index (κ1) is 20.5. The Morgan fingerprint density at radius 2 is 1.97 bits per heavy atom. The van der Waals surface area contributed by atoms with Gasteiger partial charge in [0.2, 0.25) is 0 Å². The highest BCUT2D eigenvalue weighted by Gasteiger charge is 2.55. The van der Waals surface area contributed by atoms with E-state index in [1.54, 1.807) is 52.4 Å². The van der Waals surface area contributed by atoms with Crippen LogP contribution < -0.4 is 10.2 Å². The number of anilines is 2. The molecule has 1 aromatic heterocycles. The van der Waals surface area contributed by atoms with E-state index in [2.05, 4.69) is 10.3 Å². The second-order valence-corrected chi connectivity index (χ2v) is 8.34. The van der Waals surface area contributed by atoms with Gasteiger partial charge in [-0.25, -0.2) is 4.79 Å². The van der Waals surface area contributed by atoms with Crippen LogP contribution in [0.5, 0.6) is 0 Å². The van der Waals surface area contributed by atoms with Crippen molar-refractivity contribution in [2.45, 2.75) is 18.0 Å². The number of carbonyl (C=O) groups excluding carboxylic acids is 2. The lowest BCUT2D eigenvalue weighted by atomic mass is 9.71. The molecule has 0 radical (unpaired) electrons. The van der Waals surface area contributed by atoms with Gasteiger partial charge >= 0.3 is 6.03 Å². The summed E-state index contributed by atoms with van der Waals surface area (Å²) < 4.78 is 0. The topological polar surface area (TPSA) is 85.8 Å². The van der Waals surface area contributed by atoms with Crippen LogP contribution in [0, 0.1) is 0 Å². The quantitative estimate of drug-likeness (QED) is 0.639. The minimum Gasteiger partial charge on any atom is -0.394 e. The molecule has 3 atom stereocenters. The monoisotopic (exact) mass is 448 g/mol. The van der Waals surface area contributed by atoms with Crippen molar-refractivity contribution in [1.29, 1.82) is 0 Å². The Morgan fingerprint density at radius 1 is 1.12 bits per heavy atom. The molecule has 3 amide bonds. The molecular formula is C24H21ClN4O3. The third-order valence-electron chi connectivity index (χ3n) is 6.15. The Labute approximate surface area is 190 Å². The lowest BCUT2D eigenvalue weighted by molar-refractivity contribution is -0.0241. The molecule has 0 aliphatic carbocycles. The van der Waals surface area contributed by atoms with E-state index in [1.807, 2.05) is 24.3 Å². The number of benzene rings is 2. The summed E-state index contributed by atoms with van der Waals surface area (Å²) >= 11 is 6.05. The molecule has 1 saturated heterocycles. The number of aliphatic hydroxyl groups is 1. The summed E-state index contributed by atoms with van der Waals surface area (Å²) in [5, 5.41) is 13.5. The van der Waals surface area contributed by atoms with Gasteiger partial charge in [-0.05, 0) is 42.0 Å². The van der Waals surface area contributed by atoms with E-state index in [-0.39, 0.29) is 36.5 Å². The number of hydrogen-bond donors (Lipinski definition) is 2. The number of nitrogens with zero attached hydrogens (tertiary/aromatic N) is 3. The third kappa shape index (κ3) is 3.39. The maximum atomic E-state index is 13.2. The second-order valence-electron chi connectivity index (χ2n) is 7.91. The number of likely N-dealkylation sites (tertiary alicyclic amines) is 1. The van der Waals surface area contributed by atoms with Gasteiger partial charge < -0.3 is 15.3 Å². The van der Waals surface area contributed by atoms with Crippen LogP contribution in [0.15, 0.2) is 73.1 Å². The molecule has 3 aromatic rings. The van der Waals surface area contributed by atoms with Gasteiger partial charge in [0.1, 0.15) is 0 Å². The van der Waals surface area contributed by atoms with Gasteiger partial charge in [-0.2, -0.15) is 0 Å². The highest BCUT2D eigenvalue weighted by molar-refractivity contribution is 6.30. The fourth-order valence-corrected chi connectivity index (χ4v) is 4.94. The van der Waals surface area contributed by atoms with E-state index in [4.69, 9.17) is 11.6 Å². The first-order valence-corrected chi connectivity index (χ1v) is 10.7. The van der Waals surface area contributed by atoms with E-state index in [9.17, 15) is 14.7 Å². The van der Waals surface area contributed by atoms with Crippen molar-refractivity contribution in [3.05, 3.63) is 89.2 Å². The van der Waals surface area contributed by atoms with Crippen LogP contribution >= 0.6 is 11.6 Å². The van der Waals surface area contributed by atoms with E-state index in [1.165, 1.54) is 6.20 Å². The average molecular weight is 449 g/mol. The Morgan fingerprint density at radius 3 is 2.72 bits per heavy atom. The first-order chi connectivity index (χ1) is 15.6. The fourth-order valence-electron chi connectivity index (χ4n) is 4.75. The molecule has 1 fully saturated rings. The number of pyridine rings is 1. The molecule has 0 bridgehead atoms. The molecule has 2 aliphatic rings. The van der Waals surface area contributed by atoms with Crippen LogP contribution in [-0.4, -0.2) is 52.2 Å². The van der Waals surface area contributed by atoms with Crippen molar-refractivity contribution in [1.82, 2.24) is 9.88 Å². The molecule has 2 N–H and O–H groups in total. The van der Waals surface area contributed by atoms with Crippen molar-refractivity contribution in [3.8, 4) is 0 Å². The van der Waals surface area contributed by atoms with Crippen LogP contribution in [-0.2, 0) is 0 Å². The lowest BCUT2D eigenvalue weighted by Crippen LogP contribution is -2.71. The number of aromatic nitrogens is 1. The molecule has 2 aromatic carbocycles. The van der Waals surface area contributed by atoms with Gasteiger partial charge in [0.05, 0.1) is 24.3 Å². The molecule has 3 heterocycles. The number of nitrogens with one attached hydrogen (secondary N) is 1. The lowest BCUT2D eigenvalue weighted by Gasteiger charge is -2.58. The smallest absolute Gasteiger partial charge is 0.326 e. The number of halogens is 1. The van der Waals surface area contributed by atoms with Crippen molar-refractivity contribution in [2.24, 2.45) is 0 Å². The van der Waals surface area contributed by atoms with Gasteiger partial charge in [0, 0.05) is 41.3 Å². The van der Waals surface area contributed by atoms with Gasteiger partial charge in [0.25, 0.3) is 5.91 Å². The van der Waals surface area contributed by atoms with E-state index < -0.39 is 0 Å².